The highest BCUT2D eigenvalue weighted by molar-refractivity contribution is 5.98. The third-order valence-corrected chi connectivity index (χ3v) is 4.77. The van der Waals surface area contributed by atoms with E-state index >= 15 is 0 Å². The molecule has 0 bridgehead atoms. The van der Waals surface area contributed by atoms with Gasteiger partial charge >= 0.3 is 6.03 Å². The molecule has 148 valence electrons. The van der Waals surface area contributed by atoms with Gasteiger partial charge in [-0.15, -0.1) is 0 Å². The van der Waals surface area contributed by atoms with Gasteiger partial charge in [0.25, 0.3) is 0 Å². The minimum atomic E-state index is -0.511. The smallest absolute Gasteiger partial charge is 0.318 e. The van der Waals surface area contributed by atoms with Crippen LogP contribution in [0.25, 0.3) is 0 Å². The number of benzene rings is 2. The Kier molecular flexibility index (Phi) is 6.37. The van der Waals surface area contributed by atoms with Gasteiger partial charge in [0.15, 0.2) is 0 Å². The van der Waals surface area contributed by atoms with Crippen molar-refractivity contribution in [2.45, 2.75) is 25.4 Å². The molecule has 3 amide bonds. The molecule has 1 saturated heterocycles. The lowest BCUT2D eigenvalue weighted by molar-refractivity contribution is -0.119. The zero-order valence-corrected chi connectivity index (χ0v) is 16.1. The van der Waals surface area contributed by atoms with E-state index in [1.807, 2.05) is 30.3 Å². The molecule has 0 aromatic heterocycles. The molecule has 1 fully saturated rings. The summed E-state index contributed by atoms with van der Waals surface area (Å²) in [6, 6.07) is 14.1. The molecule has 0 aliphatic carbocycles. The Bertz CT molecular complexity index is 826. The van der Waals surface area contributed by atoms with Crippen LogP contribution in [0.3, 0.4) is 0 Å². The predicted octanol–water partition coefficient (Wildman–Crippen LogP) is 3.02. The first-order valence-corrected chi connectivity index (χ1v) is 9.23. The van der Waals surface area contributed by atoms with Crippen molar-refractivity contribution in [1.29, 1.82) is 0 Å². The zero-order valence-electron chi connectivity index (χ0n) is 16.1. The predicted molar refractivity (Wildman–Crippen MR) is 107 cm³/mol. The molecule has 0 saturated carbocycles. The molecule has 28 heavy (non-hydrogen) atoms. The second-order valence-corrected chi connectivity index (χ2v) is 6.55. The molecule has 1 heterocycles. The van der Waals surface area contributed by atoms with E-state index in [-0.39, 0.29) is 11.9 Å². The van der Waals surface area contributed by atoms with Crippen LogP contribution in [-0.2, 0) is 11.3 Å². The molecule has 7 heteroatoms. The number of hydrogen-bond donors (Lipinski definition) is 2. The van der Waals surface area contributed by atoms with Gasteiger partial charge < -0.3 is 25.0 Å². The van der Waals surface area contributed by atoms with Gasteiger partial charge in [-0.25, -0.2) is 4.79 Å². The lowest BCUT2D eigenvalue weighted by Gasteiger charge is -2.24. The SMILES string of the molecule is COc1ccc(NC(=O)[C@H]2CCCN2C(=O)NCc2ccccc2)c(OC)c1. The van der Waals surface area contributed by atoms with Crippen LogP contribution >= 0.6 is 0 Å². The lowest BCUT2D eigenvalue weighted by atomic mass is 10.2. The second-order valence-electron chi connectivity index (χ2n) is 6.55. The van der Waals surface area contributed by atoms with Crippen molar-refractivity contribution >= 4 is 17.6 Å². The summed E-state index contributed by atoms with van der Waals surface area (Å²) < 4.78 is 10.5. The number of rotatable bonds is 6. The average molecular weight is 383 g/mol. The van der Waals surface area contributed by atoms with Crippen LogP contribution in [0.15, 0.2) is 48.5 Å². The molecule has 2 aromatic carbocycles. The van der Waals surface area contributed by atoms with E-state index in [2.05, 4.69) is 10.6 Å². The van der Waals surface area contributed by atoms with Gasteiger partial charge in [-0.1, -0.05) is 30.3 Å². The molecule has 0 spiro atoms. The van der Waals surface area contributed by atoms with E-state index in [1.54, 1.807) is 30.2 Å². The molecule has 1 atom stereocenters. The molecule has 0 radical (unpaired) electrons. The van der Waals surface area contributed by atoms with E-state index in [1.165, 1.54) is 7.11 Å². The molecule has 1 aliphatic heterocycles. The van der Waals surface area contributed by atoms with Crippen molar-refractivity contribution in [3.63, 3.8) is 0 Å². The summed E-state index contributed by atoms with van der Waals surface area (Å²) in [5.74, 6) is 0.916. The Labute approximate surface area is 164 Å². The van der Waals surface area contributed by atoms with Crippen LogP contribution < -0.4 is 20.1 Å². The highest BCUT2D eigenvalue weighted by Crippen LogP contribution is 2.30. The summed E-state index contributed by atoms with van der Waals surface area (Å²) in [6.45, 7) is 0.981. The first kappa shape index (κ1) is 19.5. The Hall–Kier alpha value is -3.22. The fraction of sp³-hybridized carbons (Fsp3) is 0.333. The second kappa shape index (κ2) is 9.12. The van der Waals surface area contributed by atoms with Crippen LogP contribution in [0.2, 0.25) is 0 Å². The van der Waals surface area contributed by atoms with Gasteiger partial charge in [0.2, 0.25) is 5.91 Å². The summed E-state index contributed by atoms with van der Waals surface area (Å²) in [7, 11) is 3.10. The number of carbonyl (C=O) groups excluding carboxylic acids is 2. The van der Waals surface area contributed by atoms with E-state index in [9.17, 15) is 9.59 Å². The van der Waals surface area contributed by atoms with E-state index < -0.39 is 6.04 Å². The fourth-order valence-corrected chi connectivity index (χ4v) is 3.28. The van der Waals surface area contributed by atoms with Gasteiger partial charge in [0.05, 0.1) is 19.9 Å². The number of hydrogen-bond acceptors (Lipinski definition) is 4. The van der Waals surface area contributed by atoms with Crippen molar-refractivity contribution in [2.24, 2.45) is 0 Å². The monoisotopic (exact) mass is 383 g/mol. The van der Waals surface area contributed by atoms with Gasteiger partial charge in [0.1, 0.15) is 17.5 Å². The van der Waals surface area contributed by atoms with E-state index in [4.69, 9.17) is 9.47 Å². The summed E-state index contributed by atoms with van der Waals surface area (Å²) in [4.78, 5) is 27.0. The maximum Gasteiger partial charge on any atom is 0.318 e. The van der Waals surface area contributed by atoms with E-state index in [0.29, 0.717) is 36.7 Å². The van der Waals surface area contributed by atoms with Crippen LogP contribution in [0.4, 0.5) is 10.5 Å². The highest BCUT2D eigenvalue weighted by atomic mass is 16.5. The van der Waals surface area contributed by atoms with Crippen molar-refractivity contribution in [2.75, 3.05) is 26.1 Å². The number of nitrogens with zero attached hydrogens (tertiary/aromatic N) is 1. The van der Waals surface area contributed by atoms with Crippen LogP contribution in [0, 0.1) is 0 Å². The molecule has 2 aromatic rings. The zero-order chi connectivity index (χ0) is 19.9. The van der Waals surface area contributed by atoms with Crippen molar-refractivity contribution in [1.82, 2.24) is 10.2 Å². The molecule has 1 aliphatic rings. The molecule has 7 nitrogen and oxygen atoms in total. The van der Waals surface area contributed by atoms with Crippen LogP contribution in [0.5, 0.6) is 11.5 Å². The van der Waals surface area contributed by atoms with Crippen LogP contribution in [-0.4, -0.2) is 43.6 Å². The van der Waals surface area contributed by atoms with Gasteiger partial charge in [-0.2, -0.15) is 0 Å². The lowest BCUT2D eigenvalue weighted by Crippen LogP contribution is -2.47. The summed E-state index contributed by atoms with van der Waals surface area (Å²) in [5.41, 5.74) is 1.56. The standard InChI is InChI=1S/C21H25N3O4/c1-27-16-10-11-17(19(13-16)28-2)23-20(25)18-9-6-12-24(18)21(26)22-14-15-7-4-3-5-8-15/h3-5,7-8,10-11,13,18H,6,9,12,14H2,1-2H3,(H,22,26)(H,23,25)/t18-/m1/s1. The molecule has 3 rings (SSSR count). The molecule has 0 unspecified atom stereocenters. The Morgan fingerprint density at radius 2 is 1.89 bits per heavy atom. The largest absolute Gasteiger partial charge is 0.497 e. The first-order chi connectivity index (χ1) is 13.6. The first-order valence-electron chi connectivity index (χ1n) is 9.23. The number of amides is 3. The third kappa shape index (κ3) is 4.54. The number of methoxy groups -OCH3 is 2. The minimum absolute atomic E-state index is 0.226. The van der Waals surface area contributed by atoms with Crippen molar-refractivity contribution in [3.8, 4) is 11.5 Å². The molecular formula is C21H25N3O4. The number of nitrogens with one attached hydrogen (secondary N) is 2. The Balaban J connectivity index is 1.63. The van der Waals surface area contributed by atoms with Crippen molar-refractivity contribution in [3.05, 3.63) is 54.1 Å². The fourth-order valence-electron chi connectivity index (χ4n) is 3.28. The maximum atomic E-state index is 12.8. The van der Waals surface area contributed by atoms with E-state index in [0.717, 1.165) is 12.0 Å². The molecular weight excluding hydrogens is 358 g/mol. The maximum absolute atomic E-state index is 12.8. The topological polar surface area (TPSA) is 79.9 Å². The Morgan fingerprint density at radius 3 is 2.61 bits per heavy atom. The number of anilines is 1. The normalized spacial score (nSPS) is 15.8. The minimum Gasteiger partial charge on any atom is -0.497 e. The number of carbonyl (C=O) groups is 2. The number of ether oxygens (including phenoxy) is 2. The summed E-state index contributed by atoms with van der Waals surface area (Å²) >= 11 is 0. The van der Waals surface area contributed by atoms with Crippen LogP contribution in [0.1, 0.15) is 18.4 Å². The summed E-state index contributed by atoms with van der Waals surface area (Å²) in [6.07, 6.45) is 1.42. The Morgan fingerprint density at radius 1 is 1.11 bits per heavy atom. The van der Waals surface area contributed by atoms with Gasteiger partial charge in [-0.05, 0) is 30.5 Å². The third-order valence-electron chi connectivity index (χ3n) is 4.77. The average Bonchev–Trinajstić information content (AvgIpc) is 3.23. The number of likely N-dealkylation sites (tertiary alicyclic amines) is 1. The quantitative estimate of drug-likeness (QED) is 0.804. The van der Waals surface area contributed by atoms with Crippen molar-refractivity contribution < 1.29 is 19.1 Å². The highest BCUT2D eigenvalue weighted by Gasteiger charge is 2.34. The number of urea groups is 1. The molecule has 2 N–H and O–H groups in total. The van der Waals surface area contributed by atoms with Gasteiger partial charge in [-0.3, -0.25) is 4.79 Å². The summed E-state index contributed by atoms with van der Waals surface area (Å²) in [5, 5.41) is 5.77. The van der Waals surface area contributed by atoms with Gasteiger partial charge in [0, 0.05) is 19.2 Å².